The Morgan fingerprint density at radius 2 is 2.14 bits per heavy atom. The van der Waals surface area contributed by atoms with Crippen molar-refractivity contribution in [2.24, 2.45) is 5.73 Å². The first-order chi connectivity index (χ1) is 6.57. The zero-order chi connectivity index (χ0) is 10.7. The van der Waals surface area contributed by atoms with Crippen molar-refractivity contribution in [2.45, 2.75) is 32.7 Å². The number of hydrogen-bond acceptors (Lipinski definition) is 2. The predicted molar refractivity (Wildman–Crippen MR) is 62.4 cm³/mol. The van der Waals surface area contributed by atoms with Gasteiger partial charge in [-0.3, -0.25) is 0 Å². The van der Waals surface area contributed by atoms with E-state index in [-0.39, 0.29) is 6.04 Å². The van der Waals surface area contributed by atoms with Crippen LogP contribution in [0.25, 0.3) is 0 Å². The summed E-state index contributed by atoms with van der Waals surface area (Å²) in [5, 5.41) is 9.87. The molecule has 78 valence electrons. The minimum Gasteiger partial charge on any atom is -0.507 e. The zero-order valence-electron chi connectivity index (χ0n) is 8.55. The number of aryl methyl sites for hydroxylation is 1. The second kappa shape index (κ2) is 4.80. The highest BCUT2D eigenvalue weighted by Gasteiger charge is 2.15. The highest BCUT2D eigenvalue weighted by molar-refractivity contribution is 9.10. The van der Waals surface area contributed by atoms with Crippen LogP contribution in [-0.4, -0.2) is 5.11 Å². The fourth-order valence-electron chi connectivity index (χ4n) is 1.50. The van der Waals surface area contributed by atoms with Gasteiger partial charge in [0.05, 0.1) is 0 Å². The molecule has 0 saturated carbocycles. The number of phenols is 1. The first-order valence-corrected chi connectivity index (χ1v) is 5.60. The van der Waals surface area contributed by atoms with Gasteiger partial charge in [-0.1, -0.05) is 35.3 Å². The second-order valence-corrected chi connectivity index (χ2v) is 4.38. The molecule has 1 aromatic carbocycles. The summed E-state index contributed by atoms with van der Waals surface area (Å²) in [6.07, 6.45) is 1.90. The second-order valence-electron chi connectivity index (χ2n) is 3.52. The highest BCUT2D eigenvalue weighted by Crippen LogP contribution is 2.34. The van der Waals surface area contributed by atoms with Gasteiger partial charge in [0.25, 0.3) is 0 Å². The molecule has 0 radical (unpaired) electrons. The van der Waals surface area contributed by atoms with E-state index in [2.05, 4.69) is 22.9 Å². The van der Waals surface area contributed by atoms with Crippen LogP contribution in [0.2, 0.25) is 0 Å². The monoisotopic (exact) mass is 257 g/mol. The van der Waals surface area contributed by atoms with Crippen molar-refractivity contribution >= 4 is 15.9 Å². The molecule has 0 aromatic heterocycles. The summed E-state index contributed by atoms with van der Waals surface area (Å²) >= 11 is 3.41. The van der Waals surface area contributed by atoms with Gasteiger partial charge in [0.2, 0.25) is 0 Å². The van der Waals surface area contributed by atoms with Crippen LogP contribution in [0.5, 0.6) is 5.75 Å². The van der Waals surface area contributed by atoms with Gasteiger partial charge in [-0.2, -0.15) is 0 Å². The smallest absolute Gasteiger partial charge is 0.124 e. The van der Waals surface area contributed by atoms with Crippen molar-refractivity contribution in [3.63, 3.8) is 0 Å². The minimum absolute atomic E-state index is 0.0886. The molecule has 1 rings (SSSR count). The average molecular weight is 258 g/mol. The van der Waals surface area contributed by atoms with E-state index in [4.69, 9.17) is 5.73 Å². The Hall–Kier alpha value is -0.540. The normalized spacial score (nSPS) is 12.9. The van der Waals surface area contributed by atoms with Crippen LogP contribution in [0.4, 0.5) is 0 Å². The van der Waals surface area contributed by atoms with Crippen LogP contribution in [0.1, 0.15) is 36.9 Å². The fraction of sp³-hybridized carbons (Fsp3) is 0.455. The van der Waals surface area contributed by atoms with Gasteiger partial charge in [0.1, 0.15) is 5.75 Å². The van der Waals surface area contributed by atoms with E-state index in [1.165, 1.54) is 0 Å². The Labute approximate surface area is 93.3 Å². The van der Waals surface area contributed by atoms with E-state index in [9.17, 15) is 5.11 Å². The summed E-state index contributed by atoms with van der Waals surface area (Å²) < 4.78 is 0.890. The maximum Gasteiger partial charge on any atom is 0.124 e. The standard InChI is InChI=1S/C11H16BrNO/c1-3-4-9(13)10-8(12)6-5-7(2)11(10)14/h5-6,9,14H,3-4,13H2,1-2H3/t9-/m1/s1. The van der Waals surface area contributed by atoms with Crippen molar-refractivity contribution in [3.8, 4) is 5.75 Å². The zero-order valence-corrected chi connectivity index (χ0v) is 10.1. The Kier molecular flexibility index (Phi) is 3.96. The molecule has 14 heavy (non-hydrogen) atoms. The van der Waals surface area contributed by atoms with Gasteiger partial charge in [0, 0.05) is 16.1 Å². The number of phenolic OH excluding ortho intramolecular Hbond substituents is 1. The molecule has 3 heteroatoms. The number of benzene rings is 1. The van der Waals surface area contributed by atoms with E-state index in [0.717, 1.165) is 28.4 Å². The Bertz CT molecular complexity index is 325. The molecule has 0 unspecified atom stereocenters. The van der Waals surface area contributed by atoms with Crippen LogP contribution >= 0.6 is 15.9 Å². The topological polar surface area (TPSA) is 46.2 Å². The molecule has 0 aliphatic heterocycles. The third kappa shape index (κ3) is 2.28. The number of aromatic hydroxyl groups is 1. The quantitative estimate of drug-likeness (QED) is 0.874. The van der Waals surface area contributed by atoms with Crippen molar-refractivity contribution < 1.29 is 5.11 Å². The van der Waals surface area contributed by atoms with E-state index in [0.29, 0.717) is 5.75 Å². The Morgan fingerprint density at radius 1 is 1.50 bits per heavy atom. The molecule has 0 saturated heterocycles. The molecule has 0 amide bonds. The lowest BCUT2D eigenvalue weighted by Crippen LogP contribution is -2.11. The van der Waals surface area contributed by atoms with Gasteiger partial charge in [-0.05, 0) is 25.0 Å². The SMILES string of the molecule is CCC[C@@H](N)c1c(Br)ccc(C)c1O. The van der Waals surface area contributed by atoms with E-state index in [1.54, 1.807) is 0 Å². The molecule has 0 fully saturated rings. The molecule has 3 N–H and O–H groups in total. The van der Waals surface area contributed by atoms with E-state index < -0.39 is 0 Å². The largest absolute Gasteiger partial charge is 0.507 e. The summed E-state index contributed by atoms with van der Waals surface area (Å²) in [5.74, 6) is 0.320. The third-order valence-electron chi connectivity index (χ3n) is 2.34. The lowest BCUT2D eigenvalue weighted by atomic mass is 10.00. The van der Waals surface area contributed by atoms with Gasteiger partial charge in [-0.15, -0.1) is 0 Å². The van der Waals surface area contributed by atoms with Crippen molar-refractivity contribution in [2.75, 3.05) is 0 Å². The lowest BCUT2D eigenvalue weighted by Gasteiger charge is -2.16. The van der Waals surface area contributed by atoms with Crippen molar-refractivity contribution in [1.29, 1.82) is 0 Å². The third-order valence-corrected chi connectivity index (χ3v) is 3.03. The maximum atomic E-state index is 9.87. The van der Waals surface area contributed by atoms with Crippen LogP contribution < -0.4 is 5.73 Å². The number of nitrogens with two attached hydrogens (primary N) is 1. The highest BCUT2D eigenvalue weighted by atomic mass is 79.9. The molecule has 0 aliphatic carbocycles. The molecule has 0 spiro atoms. The first-order valence-electron chi connectivity index (χ1n) is 4.81. The van der Waals surface area contributed by atoms with E-state index >= 15 is 0 Å². The van der Waals surface area contributed by atoms with Crippen molar-refractivity contribution in [3.05, 3.63) is 27.7 Å². The molecule has 1 atom stereocenters. The lowest BCUT2D eigenvalue weighted by molar-refractivity contribution is 0.453. The summed E-state index contributed by atoms with van der Waals surface area (Å²) in [5.41, 5.74) is 7.68. The molecule has 0 heterocycles. The van der Waals surface area contributed by atoms with Gasteiger partial charge in [-0.25, -0.2) is 0 Å². The number of halogens is 1. The van der Waals surface area contributed by atoms with Crippen LogP contribution in [-0.2, 0) is 0 Å². The van der Waals surface area contributed by atoms with Gasteiger partial charge < -0.3 is 10.8 Å². The van der Waals surface area contributed by atoms with Gasteiger partial charge >= 0.3 is 0 Å². The van der Waals surface area contributed by atoms with Crippen LogP contribution in [0.3, 0.4) is 0 Å². The molecule has 0 bridgehead atoms. The predicted octanol–water partition coefficient (Wildman–Crippen LogP) is 3.26. The fourth-order valence-corrected chi connectivity index (χ4v) is 2.11. The molecular formula is C11H16BrNO. The molecule has 0 aliphatic rings. The van der Waals surface area contributed by atoms with Crippen LogP contribution in [0, 0.1) is 6.92 Å². The van der Waals surface area contributed by atoms with Gasteiger partial charge in [0.15, 0.2) is 0 Å². The molecule has 1 aromatic rings. The van der Waals surface area contributed by atoms with Crippen molar-refractivity contribution in [1.82, 2.24) is 0 Å². The summed E-state index contributed by atoms with van der Waals surface area (Å²) in [6.45, 7) is 3.96. The first kappa shape index (κ1) is 11.5. The minimum atomic E-state index is -0.0886. The summed E-state index contributed by atoms with van der Waals surface area (Å²) in [7, 11) is 0. The van der Waals surface area contributed by atoms with Crippen LogP contribution in [0.15, 0.2) is 16.6 Å². The maximum absolute atomic E-state index is 9.87. The number of hydrogen-bond donors (Lipinski definition) is 2. The Morgan fingerprint density at radius 3 is 2.71 bits per heavy atom. The number of rotatable bonds is 3. The van der Waals surface area contributed by atoms with E-state index in [1.807, 2.05) is 19.1 Å². The average Bonchev–Trinajstić information content (AvgIpc) is 2.13. The summed E-state index contributed by atoms with van der Waals surface area (Å²) in [6, 6.07) is 3.72. The Balaban J connectivity index is 3.11. The summed E-state index contributed by atoms with van der Waals surface area (Å²) in [4.78, 5) is 0. The molecule has 2 nitrogen and oxygen atoms in total. The molecular weight excluding hydrogens is 242 g/mol.